The normalized spacial score (nSPS) is 10.6. The molecule has 0 bridgehead atoms. The number of hydrogen-bond acceptors (Lipinski definition) is 2. The van der Waals surface area contributed by atoms with Gasteiger partial charge in [-0.3, -0.25) is 4.79 Å². The second kappa shape index (κ2) is 9.78. The molecule has 0 saturated carbocycles. The fraction of sp³-hybridized carbons (Fsp3) is 0.700. The average Bonchev–Trinajstić information content (AvgIpc) is 2.09. The van der Waals surface area contributed by atoms with Gasteiger partial charge in [-0.15, -0.1) is 0 Å². The zero-order valence-corrected chi connectivity index (χ0v) is 9.68. The summed E-state index contributed by atoms with van der Waals surface area (Å²) < 4.78 is 4.64. The molecular formula is C10H17BrO2. The molecule has 0 aliphatic rings. The van der Waals surface area contributed by atoms with Crippen LogP contribution in [0.4, 0.5) is 0 Å². The predicted molar refractivity (Wildman–Crippen MR) is 57.8 cm³/mol. The predicted octanol–water partition coefficient (Wildman–Crippen LogP) is 3.41. The van der Waals surface area contributed by atoms with Gasteiger partial charge in [-0.1, -0.05) is 28.8 Å². The Morgan fingerprint density at radius 2 is 2.00 bits per heavy atom. The molecular weight excluding hydrogens is 232 g/mol. The lowest BCUT2D eigenvalue weighted by molar-refractivity contribution is -0.135. The summed E-state index contributed by atoms with van der Waals surface area (Å²) in [5.41, 5.74) is 0. The molecule has 2 nitrogen and oxygen atoms in total. The zero-order chi connectivity index (χ0) is 9.94. The van der Waals surface area contributed by atoms with E-state index in [0.29, 0.717) is 0 Å². The van der Waals surface area contributed by atoms with E-state index in [4.69, 9.17) is 0 Å². The number of esters is 1. The van der Waals surface area contributed by atoms with Crippen molar-refractivity contribution < 1.29 is 9.53 Å². The molecule has 13 heavy (non-hydrogen) atoms. The molecule has 0 radical (unpaired) electrons. The van der Waals surface area contributed by atoms with Crippen molar-refractivity contribution in [3.8, 4) is 0 Å². The Morgan fingerprint density at radius 3 is 2.62 bits per heavy atom. The summed E-state index contributed by atoms with van der Waals surface area (Å²) in [6.07, 6.45) is 9.30. The van der Waals surface area contributed by atoms with Gasteiger partial charge in [0.2, 0.25) is 0 Å². The van der Waals surface area contributed by atoms with Gasteiger partial charge in [-0.05, 0) is 25.3 Å². The van der Waals surface area contributed by atoms with E-state index in [9.17, 15) is 4.79 Å². The van der Waals surface area contributed by atoms with Gasteiger partial charge in [0.25, 0.3) is 0 Å². The molecule has 0 unspecified atom stereocenters. The molecule has 0 aliphatic heterocycles. The van der Waals surface area contributed by atoms with Crippen LogP contribution in [0.3, 0.4) is 0 Å². The number of rotatable bonds is 7. The van der Waals surface area contributed by atoms with Gasteiger partial charge in [0.1, 0.15) is 0 Å². The molecule has 0 saturated heterocycles. The molecule has 0 spiro atoms. The molecule has 0 aliphatic carbocycles. The van der Waals surface area contributed by atoms with Crippen molar-refractivity contribution in [2.75, 3.05) is 5.33 Å². The molecule has 0 rings (SSSR count). The number of carbonyl (C=O) groups excluding carboxylic acids is 1. The zero-order valence-electron chi connectivity index (χ0n) is 8.09. The van der Waals surface area contributed by atoms with Crippen LogP contribution in [0.25, 0.3) is 0 Å². The second-order valence-corrected chi connectivity index (χ2v) is 3.67. The first-order chi connectivity index (χ1) is 6.27. The summed E-state index contributed by atoms with van der Waals surface area (Å²) in [7, 11) is 0. The van der Waals surface area contributed by atoms with Crippen LogP contribution in [-0.4, -0.2) is 11.3 Å². The highest BCUT2D eigenvalue weighted by Crippen LogP contribution is 2.04. The lowest BCUT2D eigenvalue weighted by Crippen LogP contribution is -1.89. The maximum atomic E-state index is 10.3. The summed E-state index contributed by atoms with van der Waals surface area (Å²) in [6, 6.07) is 0. The Labute approximate surface area is 88.5 Å². The van der Waals surface area contributed by atoms with E-state index in [1.54, 1.807) is 0 Å². The first-order valence-electron chi connectivity index (χ1n) is 4.65. The van der Waals surface area contributed by atoms with Crippen LogP contribution < -0.4 is 0 Å². The fourth-order valence-electron chi connectivity index (χ4n) is 0.922. The lowest BCUT2D eigenvalue weighted by atomic mass is 10.1. The number of ether oxygens (including phenoxy) is 1. The van der Waals surface area contributed by atoms with E-state index >= 15 is 0 Å². The standard InChI is InChI=1S/C10H17BrO2/c1-10(12)13-9-7-5-3-2-4-6-8-11/h7,9H,2-6,8H2,1H3/b9-7+. The van der Waals surface area contributed by atoms with Crippen molar-refractivity contribution in [1.29, 1.82) is 0 Å². The number of halogens is 1. The molecule has 0 heterocycles. The van der Waals surface area contributed by atoms with E-state index in [-0.39, 0.29) is 5.97 Å². The topological polar surface area (TPSA) is 26.3 Å². The van der Waals surface area contributed by atoms with E-state index in [0.717, 1.165) is 11.8 Å². The van der Waals surface area contributed by atoms with Gasteiger partial charge in [0.15, 0.2) is 0 Å². The van der Waals surface area contributed by atoms with Crippen LogP contribution in [0.15, 0.2) is 12.3 Å². The van der Waals surface area contributed by atoms with Gasteiger partial charge in [-0.25, -0.2) is 0 Å². The number of unbranched alkanes of at least 4 members (excludes halogenated alkanes) is 4. The SMILES string of the molecule is CC(=O)O/C=C/CCCCCCBr. The molecule has 76 valence electrons. The van der Waals surface area contributed by atoms with Crippen LogP contribution in [0.2, 0.25) is 0 Å². The van der Waals surface area contributed by atoms with Crippen LogP contribution in [0.5, 0.6) is 0 Å². The van der Waals surface area contributed by atoms with Gasteiger partial charge < -0.3 is 4.74 Å². The molecule has 0 amide bonds. The Hall–Kier alpha value is -0.310. The summed E-state index contributed by atoms with van der Waals surface area (Å²) in [6.45, 7) is 1.40. The van der Waals surface area contributed by atoms with Crippen LogP contribution in [0, 0.1) is 0 Å². The fourth-order valence-corrected chi connectivity index (χ4v) is 1.32. The number of allylic oxidation sites excluding steroid dienone is 1. The minimum Gasteiger partial charge on any atom is -0.435 e. The van der Waals surface area contributed by atoms with E-state index in [2.05, 4.69) is 20.7 Å². The highest BCUT2D eigenvalue weighted by atomic mass is 79.9. The molecule has 0 aromatic carbocycles. The Balaban J connectivity index is 3.06. The monoisotopic (exact) mass is 248 g/mol. The number of carbonyl (C=O) groups is 1. The summed E-state index contributed by atoms with van der Waals surface area (Å²) in [5, 5.41) is 1.09. The molecule has 0 aromatic rings. The molecule has 0 fully saturated rings. The number of alkyl halides is 1. The minimum atomic E-state index is -0.254. The van der Waals surface area contributed by atoms with Crippen molar-refractivity contribution in [2.45, 2.75) is 39.0 Å². The third-order valence-electron chi connectivity index (χ3n) is 1.58. The van der Waals surface area contributed by atoms with Gasteiger partial charge in [-0.2, -0.15) is 0 Å². The Kier molecular flexibility index (Phi) is 9.54. The maximum absolute atomic E-state index is 10.3. The highest BCUT2D eigenvalue weighted by Gasteiger charge is 1.87. The largest absolute Gasteiger partial charge is 0.435 e. The first-order valence-corrected chi connectivity index (χ1v) is 5.77. The van der Waals surface area contributed by atoms with E-state index in [1.165, 1.54) is 38.9 Å². The molecule has 3 heteroatoms. The van der Waals surface area contributed by atoms with Crippen LogP contribution in [-0.2, 0) is 9.53 Å². The van der Waals surface area contributed by atoms with Gasteiger partial charge in [0.05, 0.1) is 6.26 Å². The first kappa shape index (κ1) is 12.7. The third kappa shape index (κ3) is 11.7. The van der Waals surface area contributed by atoms with Crippen molar-refractivity contribution >= 4 is 21.9 Å². The average molecular weight is 249 g/mol. The summed E-state index contributed by atoms with van der Waals surface area (Å²) >= 11 is 3.39. The van der Waals surface area contributed by atoms with Crippen LogP contribution >= 0.6 is 15.9 Å². The van der Waals surface area contributed by atoms with Crippen molar-refractivity contribution in [1.82, 2.24) is 0 Å². The Bertz CT molecular complexity index is 155. The smallest absolute Gasteiger partial charge is 0.307 e. The van der Waals surface area contributed by atoms with E-state index < -0.39 is 0 Å². The summed E-state index contributed by atoms with van der Waals surface area (Å²) in [4.78, 5) is 10.3. The third-order valence-corrected chi connectivity index (χ3v) is 2.15. The summed E-state index contributed by atoms with van der Waals surface area (Å²) in [5.74, 6) is -0.254. The quantitative estimate of drug-likeness (QED) is 0.299. The van der Waals surface area contributed by atoms with Crippen LogP contribution in [0.1, 0.15) is 39.0 Å². The lowest BCUT2D eigenvalue weighted by Gasteiger charge is -1.95. The molecule has 0 atom stereocenters. The Morgan fingerprint density at radius 1 is 1.31 bits per heavy atom. The van der Waals surface area contributed by atoms with Crippen molar-refractivity contribution in [3.63, 3.8) is 0 Å². The van der Waals surface area contributed by atoms with E-state index in [1.807, 2.05) is 6.08 Å². The minimum absolute atomic E-state index is 0.254. The van der Waals surface area contributed by atoms with Gasteiger partial charge in [0, 0.05) is 12.3 Å². The number of hydrogen-bond donors (Lipinski definition) is 0. The molecule has 0 N–H and O–H groups in total. The highest BCUT2D eigenvalue weighted by molar-refractivity contribution is 9.09. The van der Waals surface area contributed by atoms with Crippen molar-refractivity contribution in [3.05, 3.63) is 12.3 Å². The van der Waals surface area contributed by atoms with Gasteiger partial charge >= 0.3 is 5.97 Å². The van der Waals surface area contributed by atoms with Crippen molar-refractivity contribution in [2.24, 2.45) is 0 Å². The maximum Gasteiger partial charge on any atom is 0.307 e. The molecule has 0 aromatic heterocycles. The second-order valence-electron chi connectivity index (χ2n) is 2.87.